The van der Waals surface area contributed by atoms with E-state index in [0.717, 1.165) is 67.7 Å². The van der Waals surface area contributed by atoms with Crippen LogP contribution in [0.15, 0.2) is 36.4 Å². The highest BCUT2D eigenvalue weighted by atomic mass is 16.1. The Labute approximate surface area is 188 Å². The predicted molar refractivity (Wildman–Crippen MR) is 126 cm³/mol. The summed E-state index contributed by atoms with van der Waals surface area (Å²) in [4.78, 5) is 17.7. The van der Waals surface area contributed by atoms with E-state index in [1.54, 1.807) is 0 Å². The van der Waals surface area contributed by atoms with E-state index in [1.165, 1.54) is 12.8 Å². The maximum Gasteiger partial charge on any atom is 0.227 e. The van der Waals surface area contributed by atoms with Gasteiger partial charge in [0.25, 0.3) is 0 Å². The minimum atomic E-state index is 0.0164. The lowest BCUT2D eigenvalue weighted by Gasteiger charge is -2.32. The molecule has 1 aromatic carbocycles. The molecule has 0 radical (unpaired) electrons. The van der Waals surface area contributed by atoms with Gasteiger partial charge in [-0.05, 0) is 49.9 Å². The number of anilines is 3. The van der Waals surface area contributed by atoms with Gasteiger partial charge in [-0.25, -0.2) is 0 Å². The third-order valence-corrected chi connectivity index (χ3v) is 6.59. The number of para-hydroxylation sites is 2. The molecule has 0 aliphatic carbocycles. The Kier molecular flexibility index (Phi) is 5.68. The molecule has 2 fully saturated rings. The van der Waals surface area contributed by atoms with Crippen molar-refractivity contribution in [1.29, 1.82) is 0 Å². The molecule has 0 unspecified atom stereocenters. The second-order valence-corrected chi connectivity index (χ2v) is 9.14. The average Bonchev–Trinajstić information content (AvgIpc) is 3.49. The molecule has 8 heteroatoms. The van der Waals surface area contributed by atoms with E-state index >= 15 is 0 Å². The number of benzene rings is 1. The van der Waals surface area contributed by atoms with E-state index in [2.05, 4.69) is 45.2 Å². The molecule has 168 valence electrons. The maximum atomic E-state index is 13.1. The molecule has 1 amide bonds. The van der Waals surface area contributed by atoms with Crippen LogP contribution >= 0.6 is 0 Å². The van der Waals surface area contributed by atoms with Gasteiger partial charge in [-0.2, -0.15) is 4.52 Å². The van der Waals surface area contributed by atoms with Crippen LogP contribution in [0.25, 0.3) is 5.65 Å². The van der Waals surface area contributed by atoms with E-state index in [1.807, 2.05) is 34.8 Å². The molecule has 0 bridgehead atoms. The molecule has 0 atom stereocenters. The topological polar surface area (TPSA) is 78.7 Å². The van der Waals surface area contributed by atoms with Gasteiger partial charge in [-0.3, -0.25) is 4.79 Å². The van der Waals surface area contributed by atoms with Crippen LogP contribution in [0.5, 0.6) is 0 Å². The zero-order valence-electron chi connectivity index (χ0n) is 18.9. The highest BCUT2D eigenvalue weighted by Crippen LogP contribution is 2.30. The van der Waals surface area contributed by atoms with Crippen LogP contribution < -0.4 is 15.1 Å². The van der Waals surface area contributed by atoms with Crippen molar-refractivity contribution in [3.63, 3.8) is 0 Å². The van der Waals surface area contributed by atoms with Crippen LogP contribution in [0, 0.1) is 5.92 Å². The van der Waals surface area contributed by atoms with Crippen molar-refractivity contribution in [2.45, 2.75) is 45.4 Å². The molecule has 0 saturated carbocycles. The Balaban J connectivity index is 1.24. The summed E-state index contributed by atoms with van der Waals surface area (Å²) >= 11 is 0. The molecule has 2 aliphatic rings. The molecular formula is C24H31N7O. The number of aromatic nitrogens is 4. The van der Waals surface area contributed by atoms with Crippen LogP contribution in [-0.2, 0) is 4.79 Å². The molecular weight excluding hydrogens is 402 g/mol. The van der Waals surface area contributed by atoms with Gasteiger partial charge in [0.2, 0.25) is 5.91 Å². The van der Waals surface area contributed by atoms with Crippen molar-refractivity contribution in [3.8, 4) is 0 Å². The van der Waals surface area contributed by atoms with Gasteiger partial charge >= 0.3 is 0 Å². The first-order chi connectivity index (χ1) is 15.6. The Morgan fingerprint density at radius 2 is 1.72 bits per heavy atom. The van der Waals surface area contributed by atoms with Gasteiger partial charge in [0.1, 0.15) is 5.82 Å². The SMILES string of the molecule is CC(C)c1nnc2ccc(N3CCC(C(=O)Nc4ccccc4N4CCCC4)CC3)nn12. The normalized spacial score (nSPS) is 17.5. The smallest absolute Gasteiger partial charge is 0.227 e. The van der Waals surface area contributed by atoms with Gasteiger partial charge < -0.3 is 15.1 Å². The van der Waals surface area contributed by atoms with Crippen LogP contribution in [0.4, 0.5) is 17.2 Å². The number of hydrogen-bond acceptors (Lipinski definition) is 6. The van der Waals surface area contributed by atoms with E-state index < -0.39 is 0 Å². The predicted octanol–water partition coefficient (Wildman–Crippen LogP) is 3.70. The van der Waals surface area contributed by atoms with Crippen molar-refractivity contribution in [1.82, 2.24) is 19.8 Å². The van der Waals surface area contributed by atoms with Crippen molar-refractivity contribution < 1.29 is 4.79 Å². The zero-order valence-corrected chi connectivity index (χ0v) is 18.9. The summed E-state index contributed by atoms with van der Waals surface area (Å²) in [6.07, 6.45) is 4.07. The Hall–Kier alpha value is -3.16. The average molecular weight is 434 g/mol. The summed E-state index contributed by atoms with van der Waals surface area (Å²) in [6, 6.07) is 12.1. The molecule has 4 heterocycles. The summed E-state index contributed by atoms with van der Waals surface area (Å²) in [5.41, 5.74) is 2.84. The van der Waals surface area contributed by atoms with Gasteiger partial charge in [0.15, 0.2) is 11.5 Å². The van der Waals surface area contributed by atoms with Crippen molar-refractivity contribution in [3.05, 3.63) is 42.2 Å². The molecule has 3 aromatic rings. The second kappa shape index (κ2) is 8.76. The number of fused-ring (bicyclic) bond motifs is 1. The van der Waals surface area contributed by atoms with Gasteiger partial charge in [0.05, 0.1) is 11.4 Å². The Morgan fingerprint density at radius 3 is 2.47 bits per heavy atom. The molecule has 2 saturated heterocycles. The minimum Gasteiger partial charge on any atom is -0.370 e. The van der Waals surface area contributed by atoms with Gasteiger partial charge in [-0.15, -0.1) is 15.3 Å². The number of amides is 1. The van der Waals surface area contributed by atoms with E-state index in [0.29, 0.717) is 0 Å². The first-order valence-corrected chi connectivity index (χ1v) is 11.7. The Morgan fingerprint density at radius 1 is 0.969 bits per heavy atom. The summed E-state index contributed by atoms with van der Waals surface area (Å²) in [6.45, 7) is 7.93. The molecule has 0 spiro atoms. The standard InChI is InChI=1S/C24H31N7O/c1-17(2)23-27-26-21-9-10-22(28-31(21)23)30-15-11-18(12-16-30)24(32)25-19-7-3-4-8-20(19)29-13-5-6-14-29/h3-4,7-10,17-18H,5-6,11-16H2,1-2H3,(H,25,32). The van der Waals surface area contributed by atoms with Crippen molar-refractivity contribution in [2.75, 3.05) is 41.3 Å². The van der Waals surface area contributed by atoms with Gasteiger partial charge in [0, 0.05) is 38.0 Å². The molecule has 1 N–H and O–H groups in total. The quantitative estimate of drug-likeness (QED) is 0.661. The Bertz CT molecular complexity index is 1090. The van der Waals surface area contributed by atoms with E-state index in [4.69, 9.17) is 5.10 Å². The maximum absolute atomic E-state index is 13.1. The molecule has 2 aliphatic heterocycles. The minimum absolute atomic E-state index is 0.0164. The van der Waals surface area contributed by atoms with Crippen LogP contribution in [0.1, 0.15) is 51.3 Å². The lowest BCUT2D eigenvalue weighted by atomic mass is 9.95. The first kappa shape index (κ1) is 20.7. The highest BCUT2D eigenvalue weighted by Gasteiger charge is 2.27. The van der Waals surface area contributed by atoms with Gasteiger partial charge in [-0.1, -0.05) is 26.0 Å². The van der Waals surface area contributed by atoms with Crippen LogP contribution in [-0.4, -0.2) is 51.9 Å². The molecule has 32 heavy (non-hydrogen) atoms. The van der Waals surface area contributed by atoms with Crippen molar-refractivity contribution >= 4 is 28.7 Å². The largest absolute Gasteiger partial charge is 0.370 e. The van der Waals surface area contributed by atoms with E-state index in [-0.39, 0.29) is 17.7 Å². The first-order valence-electron chi connectivity index (χ1n) is 11.7. The zero-order chi connectivity index (χ0) is 22.1. The fourth-order valence-corrected chi connectivity index (χ4v) is 4.74. The van der Waals surface area contributed by atoms with E-state index in [9.17, 15) is 4.79 Å². The number of nitrogens with one attached hydrogen (secondary N) is 1. The number of carbonyl (C=O) groups is 1. The van der Waals surface area contributed by atoms with Crippen molar-refractivity contribution in [2.24, 2.45) is 5.92 Å². The fourth-order valence-electron chi connectivity index (χ4n) is 4.74. The molecule has 8 nitrogen and oxygen atoms in total. The number of piperidine rings is 1. The summed E-state index contributed by atoms with van der Waals surface area (Å²) < 4.78 is 1.84. The third kappa shape index (κ3) is 4.01. The number of hydrogen-bond donors (Lipinski definition) is 1. The molecule has 2 aromatic heterocycles. The van der Waals surface area contributed by atoms with Crippen LogP contribution in [0.3, 0.4) is 0 Å². The third-order valence-electron chi connectivity index (χ3n) is 6.59. The molecule has 5 rings (SSSR count). The summed E-state index contributed by atoms with van der Waals surface area (Å²) in [7, 11) is 0. The highest BCUT2D eigenvalue weighted by molar-refractivity contribution is 5.96. The summed E-state index contributed by atoms with van der Waals surface area (Å²) in [5, 5.41) is 16.5. The fraction of sp³-hybridized carbons (Fsp3) is 0.500. The number of carbonyl (C=O) groups excluding carboxylic acids is 1. The monoisotopic (exact) mass is 433 g/mol. The number of rotatable bonds is 5. The number of nitrogens with zero attached hydrogens (tertiary/aromatic N) is 6. The second-order valence-electron chi connectivity index (χ2n) is 9.14. The van der Waals surface area contributed by atoms with Crippen LogP contribution in [0.2, 0.25) is 0 Å². The summed E-state index contributed by atoms with van der Waals surface area (Å²) in [5.74, 6) is 2.18. The lowest BCUT2D eigenvalue weighted by molar-refractivity contribution is -0.120. The lowest BCUT2D eigenvalue weighted by Crippen LogP contribution is -2.39.